The van der Waals surface area contributed by atoms with Crippen LogP contribution >= 0.6 is 12.2 Å². The summed E-state index contributed by atoms with van der Waals surface area (Å²) in [6.45, 7) is 10.1. The lowest BCUT2D eigenvalue weighted by Crippen LogP contribution is -2.41. The molecule has 6 heteroatoms. The molecule has 0 saturated carbocycles. The van der Waals surface area contributed by atoms with E-state index in [4.69, 9.17) is 26.1 Å². The average Bonchev–Trinajstić information content (AvgIpc) is 3.15. The van der Waals surface area contributed by atoms with Crippen LogP contribution in [0.5, 0.6) is 11.5 Å². The number of furan rings is 1. The molecule has 0 bridgehead atoms. The molecule has 1 aliphatic rings. The minimum absolute atomic E-state index is 0.305. The molecule has 0 radical (unpaired) electrons. The van der Waals surface area contributed by atoms with E-state index in [-0.39, 0.29) is 11.6 Å². The van der Waals surface area contributed by atoms with Gasteiger partial charge in [-0.1, -0.05) is 12.2 Å². The van der Waals surface area contributed by atoms with Crippen molar-refractivity contribution < 1.29 is 18.7 Å². The van der Waals surface area contributed by atoms with Gasteiger partial charge in [0.1, 0.15) is 22.9 Å². The topological polar surface area (TPSA) is 60.7 Å². The molecule has 0 fully saturated rings. The van der Waals surface area contributed by atoms with Crippen LogP contribution in [0.15, 0.2) is 22.8 Å². The van der Waals surface area contributed by atoms with E-state index in [1.54, 1.807) is 6.26 Å². The molecule has 28 heavy (non-hydrogen) atoms. The van der Waals surface area contributed by atoms with E-state index in [2.05, 4.69) is 12.2 Å². The Morgan fingerprint density at radius 2 is 2.04 bits per heavy atom. The fourth-order valence-electron chi connectivity index (χ4n) is 3.70. The predicted molar refractivity (Wildman–Crippen MR) is 112 cm³/mol. The highest BCUT2D eigenvalue weighted by Crippen LogP contribution is 2.44. The van der Waals surface area contributed by atoms with Crippen molar-refractivity contribution in [3.63, 3.8) is 0 Å². The maximum atomic E-state index is 11.5. The third kappa shape index (κ3) is 4.22. The number of rotatable bonds is 5. The minimum atomic E-state index is -0.382. The molecule has 0 amide bonds. The van der Waals surface area contributed by atoms with Gasteiger partial charge in [0.2, 0.25) is 0 Å². The van der Waals surface area contributed by atoms with E-state index in [0.29, 0.717) is 18.7 Å². The number of carbonyl (C=O) groups excluding carboxylic acids is 1. The van der Waals surface area contributed by atoms with Crippen molar-refractivity contribution in [3.8, 4) is 11.5 Å². The number of fused-ring (bicyclic) bond motifs is 1. The van der Waals surface area contributed by atoms with Gasteiger partial charge in [0.15, 0.2) is 0 Å². The van der Waals surface area contributed by atoms with Gasteiger partial charge >= 0.3 is 5.97 Å². The van der Waals surface area contributed by atoms with Crippen molar-refractivity contribution in [3.05, 3.63) is 46.4 Å². The number of hydrogen-bond donors (Lipinski definition) is 1. The van der Waals surface area contributed by atoms with Gasteiger partial charge in [0, 0.05) is 18.9 Å². The second-order valence-electron chi connectivity index (χ2n) is 7.69. The lowest BCUT2D eigenvalue weighted by molar-refractivity contribution is -0.132. The zero-order valence-electron chi connectivity index (χ0n) is 17.1. The molecular weight excluding hydrogens is 374 g/mol. The zero-order chi connectivity index (χ0) is 20.5. The predicted octanol–water partition coefficient (Wildman–Crippen LogP) is 4.72. The van der Waals surface area contributed by atoms with Crippen LogP contribution in [0.1, 0.15) is 54.7 Å². The van der Waals surface area contributed by atoms with Crippen LogP contribution in [0.25, 0.3) is 0 Å². The molecule has 5 nitrogen and oxygen atoms in total. The van der Waals surface area contributed by atoms with Gasteiger partial charge in [-0.25, -0.2) is 0 Å². The number of ether oxygens (including phenoxy) is 2. The summed E-state index contributed by atoms with van der Waals surface area (Å²) in [7, 11) is 0. The van der Waals surface area contributed by atoms with Crippen molar-refractivity contribution in [2.45, 2.75) is 66.0 Å². The van der Waals surface area contributed by atoms with Crippen molar-refractivity contribution in [2.24, 2.45) is 0 Å². The number of esters is 1. The van der Waals surface area contributed by atoms with E-state index in [0.717, 1.165) is 51.6 Å². The summed E-state index contributed by atoms with van der Waals surface area (Å²) in [5, 5.41) is 3.25. The van der Waals surface area contributed by atoms with E-state index in [1.165, 1.54) is 6.92 Å². The average molecular weight is 402 g/mol. The lowest BCUT2D eigenvalue weighted by Gasteiger charge is -2.38. The highest BCUT2D eigenvalue weighted by atomic mass is 32.1. The van der Waals surface area contributed by atoms with Crippen LogP contribution in [-0.4, -0.2) is 16.6 Å². The SMILES string of the molecule is CC(=O)Oc1c(C)c(C)c2c(c1C)CCC(C)(CC(=S)NCc1ccco1)O2. The molecule has 1 unspecified atom stereocenters. The first-order valence-electron chi connectivity index (χ1n) is 9.49. The molecule has 2 heterocycles. The lowest BCUT2D eigenvalue weighted by atomic mass is 9.85. The van der Waals surface area contributed by atoms with Crippen LogP contribution in [0, 0.1) is 20.8 Å². The first-order chi connectivity index (χ1) is 13.2. The van der Waals surface area contributed by atoms with Crippen LogP contribution in [0.3, 0.4) is 0 Å². The molecule has 1 aromatic heterocycles. The van der Waals surface area contributed by atoms with Crippen molar-refractivity contribution in [1.29, 1.82) is 0 Å². The largest absolute Gasteiger partial charge is 0.487 e. The van der Waals surface area contributed by atoms with Crippen LogP contribution in [-0.2, 0) is 17.8 Å². The highest BCUT2D eigenvalue weighted by Gasteiger charge is 2.35. The number of hydrogen-bond acceptors (Lipinski definition) is 5. The van der Waals surface area contributed by atoms with E-state index < -0.39 is 0 Å². The maximum absolute atomic E-state index is 11.5. The van der Waals surface area contributed by atoms with Crippen LogP contribution in [0.2, 0.25) is 0 Å². The van der Waals surface area contributed by atoms with E-state index in [9.17, 15) is 4.79 Å². The molecule has 2 aromatic rings. The summed E-state index contributed by atoms with van der Waals surface area (Å²) in [5.74, 6) is 2.10. The summed E-state index contributed by atoms with van der Waals surface area (Å²) < 4.78 is 17.3. The number of nitrogens with one attached hydrogen (secondary N) is 1. The Bertz CT molecular complexity index is 904. The molecule has 1 atom stereocenters. The van der Waals surface area contributed by atoms with Crippen LogP contribution in [0.4, 0.5) is 0 Å². The number of benzene rings is 1. The highest BCUT2D eigenvalue weighted by molar-refractivity contribution is 7.80. The zero-order valence-corrected chi connectivity index (χ0v) is 17.9. The number of thiocarbonyl (C=S) groups is 1. The Kier molecular flexibility index (Phi) is 5.79. The monoisotopic (exact) mass is 401 g/mol. The quantitative estimate of drug-likeness (QED) is 0.444. The van der Waals surface area contributed by atoms with Gasteiger partial charge in [0.05, 0.1) is 17.8 Å². The third-order valence-electron chi connectivity index (χ3n) is 5.38. The smallest absolute Gasteiger partial charge is 0.308 e. The first-order valence-corrected chi connectivity index (χ1v) is 9.90. The van der Waals surface area contributed by atoms with Crippen LogP contribution < -0.4 is 14.8 Å². The van der Waals surface area contributed by atoms with Gasteiger partial charge in [-0.05, 0) is 69.4 Å². The Balaban J connectivity index is 1.77. The standard InChI is InChI=1S/C22H27NO4S/c1-13-14(2)21-18(15(3)20(13)26-16(4)24)8-9-22(5,27-21)11-19(28)23-12-17-7-6-10-25-17/h6-7,10H,8-9,11-12H2,1-5H3,(H,23,28). The van der Waals surface area contributed by atoms with Crippen molar-refractivity contribution in [1.82, 2.24) is 5.32 Å². The second kappa shape index (κ2) is 7.95. The maximum Gasteiger partial charge on any atom is 0.308 e. The molecule has 0 spiro atoms. The molecule has 0 aliphatic carbocycles. The Labute approximate surface area is 171 Å². The van der Waals surface area contributed by atoms with E-state index >= 15 is 0 Å². The normalized spacial score (nSPS) is 18.2. The fourth-order valence-corrected chi connectivity index (χ4v) is 4.08. The van der Waals surface area contributed by atoms with Gasteiger partial charge in [-0.3, -0.25) is 4.79 Å². The Morgan fingerprint density at radius 3 is 2.68 bits per heavy atom. The molecule has 0 saturated heterocycles. The summed E-state index contributed by atoms with van der Waals surface area (Å²) in [4.78, 5) is 12.2. The van der Waals surface area contributed by atoms with E-state index in [1.807, 2.05) is 32.9 Å². The summed E-state index contributed by atoms with van der Waals surface area (Å²) >= 11 is 5.54. The second-order valence-corrected chi connectivity index (χ2v) is 8.18. The van der Waals surface area contributed by atoms with Crippen molar-refractivity contribution in [2.75, 3.05) is 0 Å². The molecule has 3 rings (SSSR count). The molecule has 150 valence electrons. The molecule has 1 aliphatic heterocycles. The Hall–Kier alpha value is -2.34. The minimum Gasteiger partial charge on any atom is -0.487 e. The number of carbonyl (C=O) groups is 1. The fraction of sp³-hybridized carbons (Fsp3) is 0.455. The Morgan fingerprint density at radius 1 is 1.29 bits per heavy atom. The summed E-state index contributed by atoms with van der Waals surface area (Å²) in [6, 6.07) is 3.78. The van der Waals surface area contributed by atoms with Gasteiger partial charge in [-0.15, -0.1) is 0 Å². The third-order valence-corrected chi connectivity index (χ3v) is 5.67. The molecule has 1 aromatic carbocycles. The van der Waals surface area contributed by atoms with Crippen molar-refractivity contribution >= 4 is 23.2 Å². The first kappa shape index (κ1) is 20.4. The summed E-state index contributed by atoms with van der Waals surface area (Å²) in [5.41, 5.74) is 3.67. The summed E-state index contributed by atoms with van der Waals surface area (Å²) in [6.07, 6.45) is 3.98. The molecule has 1 N–H and O–H groups in total. The van der Waals surface area contributed by atoms with Gasteiger partial charge in [-0.2, -0.15) is 0 Å². The molecular formula is C22H27NO4S. The van der Waals surface area contributed by atoms with Gasteiger partial charge in [0.25, 0.3) is 0 Å². The van der Waals surface area contributed by atoms with Gasteiger partial charge < -0.3 is 19.2 Å².